The zero-order valence-corrected chi connectivity index (χ0v) is 16.9. The number of hydrogen-bond donors (Lipinski definition) is 2. The second kappa shape index (κ2) is 8.72. The van der Waals surface area contributed by atoms with Crippen molar-refractivity contribution in [3.05, 3.63) is 98.1 Å². The van der Waals surface area contributed by atoms with Gasteiger partial charge in [0.25, 0.3) is 11.4 Å². The smallest absolute Gasteiger partial charge is 0.323 e. The number of non-ortho nitro benzene ring substituents is 1. The van der Waals surface area contributed by atoms with Gasteiger partial charge in [0.15, 0.2) is 0 Å². The molecule has 0 atom stereocenters. The average Bonchev–Trinajstić information content (AvgIpc) is 2.79. The first-order chi connectivity index (χ1) is 15.4. The van der Waals surface area contributed by atoms with E-state index in [9.17, 15) is 25.0 Å². The van der Waals surface area contributed by atoms with Crippen LogP contribution in [0.3, 0.4) is 0 Å². The maximum atomic E-state index is 12.4. The van der Waals surface area contributed by atoms with E-state index in [2.05, 4.69) is 10.6 Å². The van der Waals surface area contributed by atoms with Gasteiger partial charge in [-0.05, 0) is 41.8 Å². The highest BCUT2D eigenvalue weighted by atomic mass is 16.6. The molecule has 0 fully saturated rings. The maximum Gasteiger partial charge on any atom is 0.323 e. The van der Waals surface area contributed by atoms with Crippen LogP contribution in [0.1, 0.15) is 11.1 Å². The van der Waals surface area contributed by atoms with Gasteiger partial charge in [-0.25, -0.2) is 4.79 Å². The monoisotopic (exact) mass is 433 g/mol. The molecule has 3 aromatic carbocycles. The molecular weight excluding hydrogens is 414 g/mol. The van der Waals surface area contributed by atoms with Crippen LogP contribution in [0.15, 0.2) is 66.7 Å². The van der Waals surface area contributed by atoms with E-state index in [0.717, 1.165) is 17.2 Å². The van der Waals surface area contributed by atoms with Crippen molar-refractivity contribution in [3.63, 3.8) is 0 Å². The third-order valence-electron chi connectivity index (χ3n) is 5.25. The molecule has 0 unspecified atom stereocenters. The minimum Gasteiger partial charge on any atom is -0.361 e. The predicted molar refractivity (Wildman–Crippen MR) is 120 cm³/mol. The average molecular weight is 433 g/mol. The van der Waals surface area contributed by atoms with Gasteiger partial charge in [-0.3, -0.25) is 20.2 Å². The number of benzene rings is 3. The summed E-state index contributed by atoms with van der Waals surface area (Å²) in [6.07, 6.45) is 0.547. The fraction of sp³-hybridized carbons (Fsp3) is 0.136. The molecule has 1 aliphatic heterocycles. The van der Waals surface area contributed by atoms with Gasteiger partial charge < -0.3 is 15.5 Å². The van der Waals surface area contributed by atoms with Gasteiger partial charge in [0.1, 0.15) is 5.69 Å². The van der Waals surface area contributed by atoms with E-state index in [1.807, 2.05) is 41.3 Å². The van der Waals surface area contributed by atoms with Gasteiger partial charge in [-0.2, -0.15) is 0 Å². The number of nitro benzene ring substituents is 2. The Morgan fingerprint density at radius 3 is 2.41 bits per heavy atom. The normalized spacial score (nSPS) is 12.6. The second-order valence-corrected chi connectivity index (χ2v) is 7.25. The van der Waals surface area contributed by atoms with Crippen LogP contribution in [0.25, 0.3) is 0 Å². The summed E-state index contributed by atoms with van der Waals surface area (Å²) < 4.78 is 0. The summed E-state index contributed by atoms with van der Waals surface area (Å²) >= 11 is 0. The Labute approximate surface area is 182 Å². The molecule has 0 radical (unpaired) electrons. The Morgan fingerprint density at radius 2 is 1.69 bits per heavy atom. The zero-order chi connectivity index (χ0) is 22.7. The van der Waals surface area contributed by atoms with Crippen molar-refractivity contribution in [1.82, 2.24) is 0 Å². The molecule has 1 heterocycles. The van der Waals surface area contributed by atoms with Crippen LogP contribution in [0.5, 0.6) is 0 Å². The first-order valence-electron chi connectivity index (χ1n) is 9.84. The van der Waals surface area contributed by atoms with Crippen molar-refractivity contribution < 1.29 is 14.6 Å². The molecule has 3 aromatic rings. The molecule has 162 valence electrons. The topological polar surface area (TPSA) is 131 Å². The van der Waals surface area contributed by atoms with E-state index in [1.165, 1.54) is 12.1 Å². The van der Waals surface area contributed by atoms with E-state index < -0.39 is 9.85 Å². The molecule has 2 N–H and O–H groups in total. The van der Waals surface area contributed by atoms with Crippen LogP contribution in [0.2, 0.25) is 0 Å². The molecule has 0 saturated carbocycles. The highest BCUT2D eigenvalue weighted by molar-refractivity contribution is 6.00. The quantitative estimate of drug-likeness (QED) is 0.443. The minimum atomic E-state index is -0.652. The summed E-state index contributed by atoms with van der Waals surface area (Å²) in [5.41, 5.74) is 2.91. The van der Waals surface area contributed by atoms with Gasteiger partial charge in [-0.1, -0.05) is 30.3 Å². The zero-order valence-electron chi connectivity index (χ0n) is 16.9. The van der Waals surface area contributed by atoms with E-state index in [1.54, 1.807) is 12.1 Å². The molecule has 0 bridgehead atoms. The van der Waals surface area contributed by atoms with Crippen molar-refractivity contribution in [3.8, 4) is 0 Å². The Kier molecular flexibility index (Phi) is 5.67. The highest BCUT2D eigenvalue weighted by Crippen LogP contribution is 2.36. The van der Waals surface area contributed by atoms with E-state index in [0.29, 0.717) is 36.6 Å². The number of nitro groups is 2. The number of anilines is 3. The Hall–Kier alpha value is -4.47. The lowest BCUT2D eigenvalue weighted by atomic mass is 9.97. The van der Waals surface area contributed by atoms with Gasteiger partial charge in [0.2, 0.25) is 0 Å². The van der Waals surface area contributed by atoms with E-state index >= 15 is 0 Å². The number of amides is 2. The summed E-state index contributed by atoms with van der Waals surface area (Å²) in [6, 6.07) is 17.9. The number of rotatable bonds is 5. The second-order valence-electron chi connectivity index (χ2n) is 7.25. The van der Waals surface area contributed by atoms with Crippen molar-refractivity contribution in [1.29, 1.82) is 0 Å². The van der Waals surface area contributed by atoms with Crippen LogP contribution in [0, 0.1) is 20.2 Å². The van der Waals surface area contributed by atoms with Crippen LogP contribution in [0.4, 0.5) is 33.2 Å². The summed E-state index contributed by atoms with van der Waals surface area (Å²) in [5.74, 6) is 0. The maximum absolute atomic E-state index is 12.4. The Balaban J connectivity index is 1.55. The molecule has 0 aliphatic carbocycles. The third kappa shape index (κ3) is 4.33. The summed E-state index contributed by atoms with van der Waals surface area (Å²) in [5, 5.41) is 28.2. The summed E-state index contributed by atoms with van der Waals surface area (Å²) in [7, 11) is 0. The van der Waals surface area contributed by atoms with Gasteiger partial charge in [0, 0.05) is 30.5 Å². The van der Waals surface area contributed by atoms with Gasteiger partial charge in [-0.15, -0.1) is 0 Å². The molecule has 0 saturated heterocycles. The standard InChI is InChI=1S/C22H19N5O5/c28-22(23-16-6-2-1-3-7-16)24-19-8-4-5-15-14-25(12-11-18(15)19)20-10-9-17(26(29)30)13-21(20)27(31)32/h1-10,13H,11-12,14H2,(H2,23,24,28). The van der Waals surface area contributed by atoms with Crippen molar-refractivity contribution in [2.24, 2.45) is 0 Å². The lowest BCUT2D eigenvalue weighted by Gasteiger charge is -2.31. The lowest BCUT2D eigenvalue weighted by Crippen LogP contribution is -2.32. The number of para-hydroxylation sites is 1. The van der Waals surface area contributed by atoms with Crippen molar-refractivity contribution in [2.75, 3.05) is 22.1 Å². The van der Waals surface area contributed by atoms with Crippen molar-refractivity contribution >= 4 is 34.5 Å². The molecule has 10 heteroatoms. The molecule has 1 aliphatic rings. The van der Waals surface area contributed by atoms with E-state index in [4.69, 9.17) is 0 Å². The molecular formula is C22H19N5O5. The van der Waals surface area contributed by atoms with Crippen LogP contribution >= 0.6 is 0 Å². The fourth-order valence-electron chi connectivity index (χ4n) is 3.78. The lowest BCUT2D eigenvalue weighted by molar-refractivity contribution is -0.393. The molecule has 10 nitrogen and oxygen atoms in total. The first kappa shape index (κ1) is 20.8. The van der Waals surface area contributed by atoms with Crippen LogP contribution < -0.4 is 15.5 Å². The SMILES string of the molecule is O=C(Nc1ccccc1)Nc1cccc2c1CCN(c1ccc([N+](=O)[O-])cc1[N+](=O)[O-])C2. The van der Waals surface area contributed by atoms with Gasteiger partial charge in [0.05, 0.1) is 15.9 Å². The molecule has 2 amide bonds. The third-order valence-corrected chi connectivity index (χ3v) is 5.25. The van der Waals surface area contributed by atoms with Gasteiger partial charge >= 0.3 is 6.03 Å². The van der Waals surface area contributed by atoms with E-state index in [-0.39, 0.29) is 17.4 Å². The highest BCUT2D eigenvalue weighted by Gasteiger charge is 2.27. The molecule has 0 spiro atoms. The number of nitrogens with one attached hydrogen (secondary N) is 2. The molecule has 0 aromatic heterocycles. The number of carbonyl (C=O) groups is 1. The predicted octanol–water partition coefficient (Wildman–Crippen LogP) is 4.71. The van der Waals surface area contributed by atoms with Crippen LogP contribution in [-0.4, -0.2) is 22.4 Å². The first-order valence-corrected chi connectivity index (χ1v) is 9.84. The number of carbonyl (C=O) groups excluding carboxylic acids is 1. The largest absolute Gasteiger partial charge is 0.361 e. The number of hydrogen-bond acceptors (Lipinski definition) is 6. The van der Waals surface area contributed by atoms with Crippen LogP contribution in [-0.2, 0) is 13.0 Å². The summed E-state index contributed by atoms with van der Waals surface area (Å²) in [4.78, 5) is 35.5. The fourth-order valence-corrected chi connectivity index (χ4v) is 3.78. The molecule has 4 rings (SSSR count). The summed E-state index contributed by atoms with van der Waals surface area (Å²) in [6.45, 7) is 0.842. The number of fused-ring (bicyclic) bond motifs is 1. The Morgan fingerprint density at radius 1 is 0.906 bits per heavy atom. The molecule has 32 heavy (non-hydrogen) atoms. The number of nitrogens with zero attached hydrogens (tertiary/aromatic N) is 3. The number of urea groups is 1. The minimum absolute atomic E-state index is 0.306. The Bertz CT molecular complexity index is 1200. The van der Waals surface area contributed by atoms with Crippen molar-refractivity contribution in [2.45, 2.75) is 13.0 Å².